The molecule has 1 aliphatic rings. The second kappa shape index (κ2) is 12.6. The number of rotatable bonds is 6. The van der Waals surface area contributed by atoms with Gasteiger partial charge in [0.1, 0.15) is 6.04 Å². The Bertz CT molecular complexity index is 1350. The van der Waals surface area contributed by atoms with Crippen molar-refractivity contribution in [2.75, 3.05) is 11.4 Å². The summed E-state index contributed by atoms with van der Waals surface area (Å²) in [4.78, 5) is 54.4. The monoisotopic (exact) mass is 575 g/mol. The Morgan fingerprint density at radius 2 is 1.75 bits per heavy atom. The van der Waals surface area contributed by atoms with Gasteiger partial charge in [-0.1, -0.05) is 42.2 Å². The van der Waals surface area contributed by atoms with Crippen LogP contribution in [-0.4, -0.2) is 58.7 Å². The third-order valence-corrected chi connectivity index (χ3v) is 6.42. The quantitative estimate of drug-likeness (QED) is 0.236. The molecule has 3 atom stereocenters. The summed E-state index contributed by atoms with van der Waals surface area (Å²) < 4.78 is 41.9. The average Bonchev–Trinajstić information content (AvgIpc) is 2.98. The molecule has 40 heavy (non-hydrogen) atoms. The Kier molecular flexibility index (Phi) is 9.65. The lowest BCUT2D eigenvalue weighted by atomic mass is 10.0. The van der Waals surface area contributed by atoms with Crippen LogP contribution in [-0.2, 0) is 19.1 Å². The molecule has 0 saturated carbocycles. The summed E-state index contributed by atoms with van der Waals surface area (Å²) in [5.41, 5.74) is 6.84. The van der Waals surface area contributed by atoms with Crippen molar-refractivity contribution < 1.29 is 37.1 Å². The second-order valence-corrected chi connectivity index (χ2v) is 10.0. The van der Waals surface area contributed by atoms with E-state index < -0.39 is 59.7 Å². The van der Waals surface area contributed by atoms with E-state index >= 15 is 0 Å². The highest BCUT2D eigenvalue weighted by molar-refractivity contribution is 7.81. The lowest BCUT2D eigenvalue weighted by Gasteiger charge is -2.36. The number of benzene rings is 2. The largest absolute Gasteiger partial charge is 0.491 e. The molecule has 0 aromatic heterocycles. The van der Waals surface area contributed by atoms with Crippen molar-refractivity contribution in [3.05, 3.63) is 65.2 Å². The van der Waals surface area contributed by atoms with Gasteiger partial charge < -0.3 is 20.3 Å². The van der Waals surface area contributed by atoms with Gasteiger partial charge in [-0.2, -0.15) is 25.8 Å². The van der Waals surface area contributed by atoms with Gasteiger partial charge in [-0.25, -0.2) is 4.79 Å². The molecule has 3 rings (SSSR count). The number of amides is 2. The summed E-state index contributed by atoms with van der Waals surface area (Å²) >= 11 is 4.25. The number of hydrogen-bond acceptors (Lipinski definition) is 7. The number of thiol groups is 1. The number of carbonyl (C=O) groups is 4. The van der Waals surface area contributed by atoms with E-state index in [1.807, 2.05) is 0 Å². The molecule has 0 spiro atoms. The maximum atomic E-state index is 14.1. The molecule has 0 radical (unpaired) electrons. The molecule has 2 N–H and O–H groups in total. The van der Waals surface area contributed by atoms with Crippen LogP contribution in [0.15, 0.2) is 48.5 Å². The number of alkyl halides is 3. The zero-order valence-electron chi connectivity index (χ0n) is 21.9. The van der Waals surface area contributed by atoms with Crippen LogP contribution < -0.4 is 10.6 Å². The Hall–Kier alpha value is -3.82. The first-order valence-electron chi connectivity index (χ1n) is 12.3. The number of carbonyl (C=O) groups excluding carboxylic acids is 4. The molecule has 1 heterocycles. The van der Waals surface area contributed by atoms with E-state index in [-0.39, 0.29) is 12.1 Å². The first-order valence-corrected chi connectivity index (χ1v) is 12.8. The van der Waals surface area contributed by atoms with Crippen LogP contribution in [0.25, 0.3) is 0 Å². The van der Waals surface area contributed by atoms with Crippen molar-refractivity contribution in [3.63, 3.8) is 0 Å². The molecule has 2 aromatic carbocycles. The van der Waals surface area contributed by atoms with Gasteiger partial charge in [-0.15, -0.1) is 0 Å². The molecule has 212 valence electrons. The molecular weight excluding hydrogens is 547 g/mol. The molecule has 3 unspecified atom stereocenters. The fourth-order valence-electron chi connectivity index (χ4n) is 4.31. The van der Waals surface area contributed by atoms with Gasteiger partial charge in [0.2, 0.25) is 0 Å². The molecule has 8 nitrogen and oxygen atoms in total. The first-order chi connectivity index (χ1) is 18.8. The highest BCUT2D eigenvalue weighted by Gasteiger charge is 2.45. The van der Waals surface area contributed by atoms with Crippen LogP contribution in [0.4, 0.5) is 18.9 Å². The number of hydrogen-bond donors (Lipinski definition) is 2. The van der Waals surface area contributed by atoms with E-state index in [1.165, 1.54) is 17.9 Å². The van der Waals surface area contributed by atoms with Gasteiger partial charge in [-0.3, -0.25) is 14.4 Å². The van der Waals surface area contributed by atoms with Crippen LogP contribution >= 0.6 is 12.6 Å². The summed E-state index contributed by atoms with van der Waals surface area (Å²) in [6.07, 6.45) is -6.15. The number of nitrogens with two attached hydrogens (primary N) is 1. The molecule has 2 amide bonds. The van der Waals surface area contributed by atoms with E-state index in [1.54, 1.807) is 56.3 Å². The Labute approximate surface area is 235 Å². The molecule has 0 fully saturated rings. The topological polar surface area (TPSA) is 110 Å². The van der Waals surface area contributed by atoms with Gasteiger partial charge in [0, 0.05) is 24.2 Å². The molecule has 0 saturated heterocycles. The SMILES string of the molecule is CC(C)N1C(=O)C(c2ccccc2)N(C(C)CC(=O)OC(=O)C(F)(F)F)C(=O)c2cc(C#CC(S)CN)ccc21. The van der Waals surface area contributed by atoms with Gasteiger partial charge >= 0.3 is 18.1 Å². The number of anilines is 1. The van der Waals surface area contributed by atoms with Gasteiger partial charge in [0.15, 0.2) is 0 Å². The maximum Gasteiger partial charge on any atom is 0.491 e. The van der Waals surface area contributed by atoms with Crippen LogP contribution in [0.5, 0.6) is 0 Å². The van der Waals surface area contributed by atoms with Crippen molar-refractivity contribution in [1.29, 1.82) is 0 Å². The maximum absolute atomic E-state index is 14.1. The first kappa shape index (κ1) is 30.7. The minimum absolute atomic E-state index is 0.0994. The normalized spacial score (nSPS) is 17.0. The lowest BCUT2D eigenvalue weighted by Crippen LogP contribution is -2.48. The summed E-state index contributed by atoms with van der Waals surface area (Å²) in [6, 6.07) is 10.3. The minimum Gasteiger partial charge on any atom is -0.386 e. The molecule has 0 aliphatic carbocycles. The van der Waals surface area contributed by atoms with Crippen LogP contribution in [0.3, 0.4) is 0 Å². The molecule has 1 aliphatic heterocycles. The van der Waals surface area contributed by atoms with Crippen LogP contribution in [0, 0.1) is 11.8 Å². The summed E-state index contributed by atoms with van der Waals surface area (Å²) in [5, 5.41) is -0.410. The number of fused-ring (bicyclic) bond motifs is 1. The van der Waals surface area contributed by atoms with Crippen molar-refractivity contribution in [1.82, 2.24) is 4.90 Å². The summed E-state index contributed by atoms with van der Waals surface area (Å²) in [6.45, 7) is 5.13. The van der Waals surface area contributed by atoms with Crippen LogP contribution in [0.2, 0.25) is 0 Å². The summed E-state index contributed by atoms with van der Waals surface area (Å²) in [5.74, 6) is 0.445. The third-order valence-electron chi connectivity index (χ3n) is 6.08. The molecule has 12 heteroatoms. The van der Waals surface area contributed by atoms with Gasteiger partial charge in [-0.05, 0) is 44.5 Å². The van der Waals surface area contributed by atoms with E-state index in [0.717, 1.165) is 4.90 Å². The van der Waals surface area contributed by atoms with Crippen molar-refractivity contribution in [3.8, 4) is 11.8 Å². The second-order valence-electron chi connectivity index (χ2n) is 9.39. The molecule has 0 bridgehead atoms. The van der Waals surface area contributed by atoms with E-state index in [0.29, 0.717) is 16.8 Å². The van der Waals surface area contributed by atoms with Crippen molar-refractivity contribution >= 4 is 42.1 Å². The fraction of sp³-hybridized carbons (Fsp3) is 0.357. The van der Waals surface area contributed by atoms with Gasteiger partial charge in [0.25, 0.3) is 11.8 Å². The predicted octanol–water partition coefficient (Wildman–Crippen LogP) is 3.64. The number of ether oxygens (including phenoxy) is 1. The van der Waals surface area contributed by atoms with E-state index in [4.69, 9.17) is 5.73 Å². The lowest BCUT2D eigenvalue weighted by molar-refractivity contribution is -0.202. The highest BCUT2D eigenvalue weighted by atomic mass is 32.1. The minimum atomic E-state index is -5.37. The number of esters is 2. The standard InChI is InChI=1S/C28H28F3N3O5S/c1-16(2)33-22-12-10-18(9-11-20(40)15-32)14-21(22)25(36)34(24(26(33)37)19-7-5-4-6-8-19)17(3)13-23(35)39-27(38)28(29,30)31/h4-8,10,12,14,16-17,20,24,40H,13,15,32H2,1-3H3. The number of halogens is 3. The number of nitrogens with zero attached hydrogens (tertiary/aromatic N) is 2. The Morgan fingerprint density at radius 1 is 1.10 bits per heavy atom. The molecule has 2 aromatic rings. The zero-order chi connectivity index (χ0) is 29.8. The summed E-state index contributed by atoms with van der Waals surface area (Å²) in [7, 11) is 0. The smallest absolute Gasteiger partial charge is 0.386 e. The zero-order valence-corrected chi connectivity index (χ0v) is 22.8. The van der Waals surface area contributed by atoms with Gasteiger partial charge in [0.05, 0.1) is 22.9 Å². The Morgan fingerprint density at radius 3 is 2.33 bits per heavy atom. The van der Waals surface area contributed by atoms with E-state index in [9.17, 15) is 32.3 Å². The molecular formula is C28H28F3N3O5S. The average molecular weight is 576 g/mol. The van der Waals surface area contributed by atoms with Crippen molar-refractivity contribution in [2.45, 2.75) is 56.7 Å². The van der Waals surface area contributed by atoms with Crippen molar-refractivity contribution in [2.24, 2.45) is 5.73 Å². The van der Waals surface area contributed by atoms with Crippen LogP contribution in [0.1, 0.15) is 54.7 Å². The predicted molar refractivity (Wildman–Crippen MR) is 144 cm³/mol. The third kappa shape index (κ3) is 6.84. The van der Waals surface area contributed by atoms with E-state index in [2.05, 4.69) is 29.2 Å². The highest BCUT2D eigenvalue weighted by Crippen LogP contribution is 2.38. The Balaban J connectivity index is 2.15. The fourth-order valence-corrected chi connectivity index (χ4v) is 4.38.